The molecule has 3 aromatic rings. The van der Waals surface area contributed by atoms with Gasteiger partial charge in [0.25, 0.3) is 5.91 Å². The molecule has 1 aromatic heterocycles. The van der Waals surface area contributed by atoms with Gasteiger partial charge in [0.15, 0.2) is 0 Å². The van der Waals surface area contributed by atoms with E-state index in [0.29, 0.717) is 17.1 Å². The summed E-state index contributed by atoms with van der Waals surface area (Å²) in [7, 11) is 1.65. The van der Waals surface area contributed by atoms with Crippen molar-refractivity contribution < 1.29 is 9.53 Å². The summed E-state index contributed by atoms with van der Waals surface area (Å²) in [4.78, 5) is 19.7. The van der Waals surface area contributed by atoms with Crippen LogP contribution in [0.25, 0.3) is 10.9 Å². The number of rotatable bonds is 4. The van der Waals surface area contributed by atoms with Crippen LogP contribution in [0.1, 0.15) is 22.5 Å². The van der Waals surface area contributed by atoms with E-state index < -0.39 is 0 Å². The highest BCUT2D eigenvalue weighted by atomic mass is 35.5. The van der Waals surface area contributed by atoms with E-state index in [2.05, 4.69) is 15.2 Å². The molecule has 1 fully saturated rings. The van der Waals surface area contributed by atoms with Gasteiger partial charge < -0.3 is 15.0 Å². The molecule has 0 saturated carbocycles. The van der Waals surface area contributed by atoms with Crippen LogP contribution in [0.15, 0.2) is 48.5 Å². The van der Waals surface area contributed by atoms with Gasteiger partial charge in [-0.05, 0) is 43.7 Å². The van der Waals surface area contributed by atoms with Crippen LogP contribution in [0.3, 0.4) is 0 Å². The van der Waals surface area contributed by atoms with E-state index >= 15 is 0 Å². The lowest BCUT2D eigenvalue weighted by atomic mass is 10.1. The van der Waals surface area contributed by atoms with Crippen molar-refractivity contribution in [3.63, 3.8) is 0 Å². The summed E-state index contributed by atoms with van der Waals surface area (Å²) in [6, 6.07) is 15.2. The molecule has 1 unspecified atom stereocenters. The van der Waals surface area contributed by atoms with Crippen molar-refractivity contribution in [1.82, 2.24) is 10.3 Å². The van der Waals surface area contributed by atoms with Gasteiger partial charge in [0.2, 0.25) is 0 Å². The summed E-state index contributed by atoms with van der Waals surface area (Å²) >= 11 is 6.17. The van der Waals surface area contributed by atoms with E-state index in [1.807, 2.05) is 55.5 Å². The lowest BCUT2D eigenvalue weighted by Crippen LogP contribution is -2.37. The minimum atomic E-state index is -0.0633. The molecule has 1 N–H and O–H groups in total. The molecule has 144 valence electrons. The number of amides is 1. The quantitative estimate of drug-likeness (QED) is 0.718. The van der Waals surface area contributed by atoms with Gasteiger partial charge in [-0.3, -0.25) is 9.78 Å². The first-order chi connectivity index (χ1) is 13.5. The van der Waals surface area contributed by atoms with Crippen molar-refractivity contribution in [3.05, 3.63) is 64.8 Å². The first kappa shape index (κ1) is 18.6. The van der Waals surface area contributed by atoms with Crippen molar-refractivity contribution >= 4 is 34.1 Å². The van der Waals surface area contributed by atoms with Crippen molar-refractivity contribution in [2.75, 3.05) is 25.1 Å². The smallest absolute Gasteiger partial charge is 0.252 e. The molecule has 2 aromatic carbocycles. The maximum Gasteiger partial charge on any atom is 0.252 e. The Morgan fingerprint density at radius 3 is 2.89 bits per heavy atom. The number of pyridine rings is 1. The maximum atomic E-state index is 13.0. The van der Waals surface area contributed by atoms with Gasteiger partial charge in [-0.2, -0.15) is 0 Å². The highest BCUT2D eigenvalue weighted by Gasteiger charge is 2.27. The number of ether oxygens (including phenoxy) is 1. The van der Waals surface area contributed by atoms with Crippen LogP contribution < -0.4 is 15.0 Å². The van der Waals surface area contributed by atoms with E-state index in [1.54, 1.807) is 7.11 Å². The Morgan fingerprint density at radius 1 is 1.25 bits per heavy atom. The number of para-hydroxylation sites is 1. The number of carbonyl (C=O) groups is 1. The van der Waals surface area contributed by atoms with Crippen LogP contribution in [0.2, 0.25) is 5.02 Å². The van der Waals surface area contributed by atoms with Gasteiger partial charge in [-0.25, -0.2) is 0 Å². The lowest BCUT2D eigenvalue weighted by Gasteiger charge is -2.22. The number of carbonyl (C=O) groups excluding carboxylic acids is 1. The molecular formula is C22H22ClN3O2. The van der Waals surface area contributed by atoms with E-state index in [-0.39, 0.29) is 11.9 Å². The number of nitrogens with one attached hydrogen (secondary N) is 1. The average molecular weight is 396 g/mol. The number of nitrogens with zero attached hydrogens (tertiary/aromatic N) is 2. The second-order valence-electron chi connectivity index (χ2n) is 7.05. The van der Waals surface area contributed by atoms with Gasteiger partial charge in [0, 0.05) is 35.2 Å². The number of fused-ring (bicyclic) bond motifs is 1. The van der Waals surface area contributed by atoms with Crippen molar-refractivity contribution in [2.24, 2.45) is 0 Å². The fourth-order valence-electron chi connectivity index (χ4n) is 3.77. The van der Waals surface area contributed by atoms with Gasteiger partial charge in [-0.15, -0.1) is 0 Å². The van der Waals surface area contributed by atoms with Crippen LogP contribution in [-0.4, -0.2) is 37.1 Å². The number of halogens is 1. The Balaban J connectivity index is 1.52. The fourth-order valence-corrected chi connectivity index (χ4v) is 3.93. The van der Waals surface area contributed by atoms with Gasteiger partial charge in [0.1, 0.15) is 5.75 Å². The summed E-state index contributed by atoms with van der Waals surface area (Å²) in [6.07, 6.45) is 0.864. The molecule has 5 nitrogen and oxygen atoms in total. The molecule has 1 aliphatic heterocycles. The van der Waals surface area contributed by atoms with Crippen LogP contribution >= 0.6 is 11.6 Å². The van der Waals surface area contributed by atoms with E-state index in [4.69, 9.17) is 16.3 Å². The zero-order valence-electron chi connectivity index (χ0n) is 15.9. The largest absolute Gasteiger partial charge is 0.495 e. The first-order valence-electron chi connectivity index (χ1n) is 9.31. The van der Waals surface area contributed by atoms with Crippen molar-refractivity contribution in [3.8, 4) is 5.75 Å². The summed E-state index contributed by atoms with van der Waals surface area (Å²) in [5.74, 6) is 0.721. The number of hydrogen-bond donors (Lipinski definition) is 1. The van der Waals surface area contributed by atoms with Crippen molar-refractivity contribution in [1.29, 1.82) is 0 Å². The topological polar surface area (TPSA) is 54.5 Å². The zero-order valence-corrected chi connectivity index (χ0v) is 16.7. The number of methoxy groups -OCH3 is 1. The molecule has 2 heterocycles. The van der Waals surface area contributed by atoms with E-state index in [0.717, 1.165) is 41.0 Å². The Hall–Kier alpha value is -2.79. The summed E-state index contributed by atoms with van der Waals surface area (Å²) in [6.45, 7) is 3.45. The SMILES string of the molecule is COc1ccc(Cl)cc1N1CCC(NC(=O)c2cc(C)nc3ccccc23)C1. The van der Waals surface area contributed by atoms with Crippen LogP contribution in [0, 0.1) is 6.92 Å². The number of aromatic nitrogens is 1. The van der Waals surface area contributed by atoms with Gasteiger partial charge >= 0.3 is 0 Å². The fraction of sp³-hybridized carbons (Fsp3) is 0.273. The third kappa shape index (κ3) is 3.62. The molecule has 1 saturated heterocycles. The molecule has 0 aliphatic carbocycles. The lowest BCUT2D eigenvalue weighted by molar-refractivity contribution is 0.0942. The first-order valence-corrected chi connectivity index (χ1v) is 9.68. The number of anilines is 1. The normalized spacial score (nSPS) is 16.4. The molecule has 6 heteroatoms. The molecule has 4 rings (SSSR count). The Morgan fingerprint density at radius 2 is 2.07 bits per heavy atom. The number of hydrogen-bond acceptors (Lipinski definition) is 4. The molecule has 0 bridgehead atoms. The second-order valence-corrected chi connectivity index (χ2v) is 7.49. The van der Waals surface area contributed by atoms with Crippen LogP contribution in [0.5, 0.6) is 5.75 Å². The van der Waals surface area contributed by atoms with Crippen LogP contribution in [-0.2, 0) is 0 Å². The standard InChI is InChI=1S/C22H22ClN3O2/c1-14-11-18(17-5-3-4-6-19(17)24-14)22(27)25-16-9-10-26(13-16)20-12-15(23)7-8-21(20)28-2/h3-8,11-12,16H,9-10,13H2,1-2H3,(H,25,27). The van der Waals surface area contributed by atoms with E-state index in [9.17, 15) is 4.79 Å². The Bertz CT molecular complexity index is 1040. The van der Waals surface area contributed by atoms with Gasteiger partial charge in [0.05, 0.1) is 23.9 Å². The summed E-state index contributed by atoms with van der Waals surface area (Å²) < 4.78 is 5.47. The second kappa shape index (κ2) is 7.68. The zero-order chi connectivity index (χ0) is 19.7. The third-order valence-corrected chi connectivity index (χ3v) is 5.33. The monoisotopic (exact) mass is 395 g/mol. The predicted octanol–water partition coefficient (Wildman–Crippen LogP) is 4.21. The highest BCUT2D eigenvalue weighted by Crippen LogP contribution is 2.33. The number of benzene rings is 2. The molecule has 28 heavy (non-hydrogen) atoms. The minimum absolute atomic E-state index is 0.0587. The molecule has 0 radical (unpaired) electrons. The molecule has 1 aliphatic rings. The molecule has 1 atom stereocenters. The molecule has 1 amide bonds. The van der Waals surface area contributed by atoms with Gasteiger partial charge in [-0.1, -0.05) is 29.8 Å². The van der Waals surface area contributed by atoms with Crippen LogP contribution in [0.4, 0.5) is 5.69 Å². The Kier molecular flexibility index (Phi) is 5.09. The maximum absolute atomic E-state index is 13.0. The Labute approximate surface area is 169 Å². The molecule has 0 spiro atoms. The van der Waals surface area contributed by atoms with Crippen molar-refractivity contribution in [2.45, 2.75) is 19.4 Å². The molecular weight excluding hydrogens is 374 g/mol. The minimum Gasteiger partial charge on any atom is -0.495 e. The average Bonchev–Trinajstić information content (AvgIpc) is 3.15. The third-order valence-electron chi connectivity index (χ3n) is 5.09. The highest BCUT2D eigenvalue weighted by molar-refractivity contribution is 6.31. The summed E-state index contributed by atoms with van der Waals surface area (Å²) in [5, 5.41) is 4.72. The predicted molar refractivity (Wildman–Crippen MR) is 113 cm³/mol. The number of aryl methyl sites for hydroxylation is 1. The summed E-state index contributed by atoms with van der Waals surface area (Å²) in [5.41, 5.74) is 3.30. The van der Waals surface area contributed by atoms with E-state index in [1.165, 1.54) is 0 Å².